The molecule has 2 aromatic carbocycles. The zero-order chi connectivity index (χ0) is 14.0. The highest BCUT2D eigenvalue weighted by atomic mass is 31.2. The Morgan fingerprint density at radius 3 is 2.75 bits per heavy atom. The first kappa shape index (κ1) is 13.2. The van der Waals surface area contributed by atoms with E-state index in [1.165, 1.54) is 0 Å². The third-order valence-corrected chi connectivity index (χ3v) is 4.87. The molecule has 1 heterocycles. The molecule has 0 fully saturated rings. The Bertz CT molecular complexity index is 614. The summed E-state index contributed by atoms with van der Waals surface area (Å²) in [4.78, 5) is 10.6. The van der Waals surface area contributed by atoms with E-state index in [1.54, 1.807) is 0 Å². The monoisotopic (exact) mass is 287 g/mol. The summed E-state index contributed by atoms with van der Waals surface area (Å²) in [6.45, 7) is 3.74. The maximum Gasteiger partial charge on any atom is 0.499 e. The van der Waals surface area contributed by atoms with Crippen LogP contribution in [0.2, 0.25) is 0 Å². The standard InChI is InChI=1S/C16H16O3P/c1-2-7-13-8-3-5-10-15(13)18-20(17)12-14-9-4-6-11-16(14)19-20/h2-6,8-11,17H,1,7,12H2/q+1. The summed E-state index contributed by atoms with van der Waals surface area (Å²) in [5.74, 6) is 1.38. The number of hydrogen-bond donors (Lipinski definition) is 1. The minimum atomic E-state index is -2.91. The number of fused-ring (bicyclic) bond motifs is 1. The van der Waals surface area contributed by atoms with Crippen molar-refractivity contribution in [1.29, 1.82) is 0 Å². The molecule has 0 saturated heterocycles. The van der Waals surface area contributed by atoms with Crippen LogP contribution in [0.5, 0.6) is 11.5 Å². The van der Waals surface area contributed by atoms with Crippen LogP contribution in [0.15, 0.2) is 61.2 Å². The van der Waals surface area contributed by atoms with E-state index in [4.69, 9.17) is 9.05 Å². The van der Waals surface area contributed by atoms with E-state index in [9.17, 15) is 4.89 Å². The van der Waals surface area contributed by atoms with Gasteiger partial charge >= 0.3 is 7.94 Å². The lowest BCUT2D eigenvalue weighted by molar-refractivity contribution is 0.357. The number of para-hydroxylation sites is 2. The van der Waals surface area contributed by atoms with Gasteiger partial charge in [0.2, 0.25) is 0 Å². The maximum absolute atomic E-state index is 10.6. The Balaban J connectivity index is 1.84. The molecule has 3 rings (SSSR count). The van der Waals surface area contributed by atoms with E-state index in [1.807, 2.05) is 54.6 Å². The maximum atomic E-state index is 10.6. The van der Waals surface area contributed by atoms with Crippen LogP contribution in [-0.2, 0) is 12.6 Å². The van der Waals surface area contributed by atoms with Gasteiger partial charge in [-0.25, -0.2) is 0 Å². The SMILES string of the molecule is C=CCc1ccccc1O[P+]1(O)Cc2ccccc2O1. The van der Waals surface area contributed by atoms with Crippen LogP contribution < -0.4 is 9.05 Å². The first-order chi connectivity index (χ1) is 9.70. The zero-order valence-corrected chi connectivity index (χ0v) is 11.9. The Kier molecular flexibility index (Phi) is 3.47. The number of allylic oxidation sites excluding steroid dienone is 1. The summed E-state index contributed by atoms with van der Waals surface area (Å²) in [5, 5.41) is 0. The van der Waals surface area contributed by atoms with E-state index in [-0.39, 0.29) is 0 Å². The fraction of sp³-hybridized carbons (Fsp3) is 0.125. The minimum Gasteiger partial charge on any atom is -0.277 e. The fourth-order valence-electron chi connectivity index (χ4n) is 2.25. The molecule has 0 bridgehead atoms. The van der Waals surface area contributed by atoms with Crippen molar-refractivity contribution in [1.82, 2.24) is 0 Å². The van der Waals surface area contributed by atoms with E-state index < -0.39 is 7.94 Å². The van der Waals surface area contributed by atoms with Crippen molar-refractivity contribution in [3.63, 3.8) is 0 Å². The Hall–Kier alpha value is -1.83. The molecule has 0 amide bonds. The number of hydrogen-bond acceptors (Lipinski definition) is 3. The molecule has 3 nitrogen and oxygen atoms in total. The smallest absolute Gasteiger partial charge is 0.277 e. The van der Waals surface area contributed by atoms with Crippen molar-refractivity contribution >= 4 is 7.94 Å². The largest absolute Gasteiger partial charge is 0.499 e. The minimum absolute atomic E-state index is 0.422. The van der Waals surface area contributed by atoms with Gasteiger partial charge in [-0.1, -0.05) is 42.5 Å². The predicted molar refractivity (Wildman–Crippen MR) is 80.9 cm³/mol. The van der Waals surface area contributed by atoms with Crippen molar-refractivity contribution in [2.45, 2.75) is 12.6 Å². The second kappa shape index (κ2) is 5.28. The molecule has 2 aromatic rings. The molecular weight excluding hydrogens is 271 g/mol. The lowest BCUT2D eigenvalue weighted by Gasteiger charge is -2.13. The summed E-state index contributed by atoms with van der Waals surface area (Å²) in [5.41, 5.74) is 1.99. The molecule has 1 atom stereocenters. The van der Waals surface area contributed by atoms with E-state index in [0.717, 1.165) is 11.1 Å². The van der Waals surface area contributed by atoms with Crippen molar-refractivity contribution in [2.24, 2.45) is 0 Å². The highest BCUT2D eigenvalue weighted by Crippen LogP contribution is 2.64. The molecule has 1 aliphatic rings. The van der Waals surface area contributed by atoms with Gasteiger partial charge in [0.05, 0.1) is 0 Å². The second-order valence-electron chi connectivity index (χ2n) is 4.69. The van der Waals surface area contributed by atoms with Gasteiger partial charge in [0.25, 0.3) is 0 Å². The normalized spacial score (nSPS) is 20.1. The van der Waals surface area contributed by atoms with Crippen molar-refractivity contribution in [2.75, 3.05) is 0 Å². The molecule has 0 saturated carbocycles. The molecule has 1 unspecified atom stereocenters. The van der Waals surface area contributed by atoms with Gasteiger partial charge in [-0.05, 0) is 18.6 Å². The summed E-state index contributed by atoms with van der Waals surface area (Å²) in [7, 11) is -2.91. The van der Waals surface area contributed by atoms with Gasteiger partial charge in [-0.2, -0.15) is 4.89 Å². The molecule has 0 aromatic heterocycles. The average Bonchev–Trinajstić information content (AvgIpc) is 2.77. The van der Waals surface area contributed by atoms with Crippen LogP contribution in [0.1, 0.15) is 11.1 Å². The van der Waals surface area contributed by atoms with E-state index >= 15 is 0 Å². The molecule has 0 spiro atoms. The van der Waals surface area contributed by atoms with Gasteiger partial charge < -0.3 is 0 Å². The molecule has 102 valence electrons. The Morgan fingerprint density at radius 2 is 1.95 bits per heavy atom. The molecule has 0 radical (unpaired) electrons. The van der Waals surface area contributed by atoms with Crippen LogP contribution in [0.25, 0.3) is 0 Å². The van der Waals surface area contributed by atoms with E-state index in [2.05, 4.69) is 6.58 Å². The molecule has 4 heteroatoms. The highest BCUT2D eigenvalue weighted by molar-refractivity contribution is 7.61. The van der Waals surface area contributed by atoms with Crippen molar-refractivity contribution < 1.29 is 13.9 Å². The quantitative estimate of drug-likeness (QED) is 0.678. The van der Waals surface area contributed by atoms with Crippen LogP contribution in [0, 0.1) is 0 Å². The summed E-state index contributed by atoms with van der Waals surface area (Å²) < 4.78 is 11.5. The first-order valence-electron chi connectivity index (χ1n) is 6.47. The van der Waals surface area contributed by atoms with Gasteiger partial charge in [0.1, 0.15) is 0 Å². The first-order valence-corrected chi connectivity index (χ1v) is 8.23. The lowest BCUT2D eigenvalue weighted by Crippen LogP contribution is -2.05. The van der Waals surface area contributed by atoms with Gasteiger partial charge in [-0.15, -0.1) is 6.58 Å². The number of benzene rings is 2. The predicted octanol–water partition coefficient (Wildman–Crippen LogP) is 4.14. The molecule has 20 heavy (non-hydrogen) atoms. The topological polar surface area (TPSA) is 38.7 Å². The van der Waals surface area contributed by atoms with Crippen molar-refractivity contribution in [3.05, 3.63) is 72.3 Å². The molecule has 1 N–H and O–H groups in total. The highest BCUT2D eigenvalue weighted by Gasteiger charge is 2.50. The van der Waals surface area contributed by atoms with Gasteiger partial charge in [-0.3, -0.25) is 9.05 Å². The molecule has 1 aliphatic heterocycles. The van der Waals surface area contributed by atoms with Crippen LogP contribution >= 0.6 is 7.94 Å². The molecule has 0 aliphatic carbocycles. The Morgan fingerprint density at radius 1 is 1.20 bits per heavy atom. The van der Waals surface area contributed by atoms with Gasteiger partial charge in [0, 0.05) is 11.1 Å². The van der Waals surface area contributed by atoms with Gasteiger partial charge in [0.15, 0.2) is 17.7 Å². The molecular formula is C16H16O3P+. The van der Waals surface area contributed by atoms with Crippen LogP contribution in [0.3, 0.4) is 0 Å². The summed E-state index contributed by atoms with van der Waals surface area (Å²) in [6.07, 6.45) is 2.93. The average molecular weight is 287 g/mol. The van der Waals surface area contributed by atoms with Crippen LogP contribution in [0.4, 0.5) is 0 Å². The second-order valence-corrected chi connectivity index (χ2v) is 6.64. The zero-order valence-electron chi connectivity index (χ0n) is 11.0. The van der Waals surface area contributed by atoms with Crippen molar-refractivity contribution in [3.8, 4) is 11.5 Å². The lowest BCUT2D eigenvalue weighted by atomic mass is 10.1. The number of rotatable bonds is 4. The van der Waals surface area contributed by atoms with E-state index in [0.29, 0.717) is 24.1 Å². The summed E-state index contributed by atoms with van der Waals surface area (Å²) in [6, 6.07) is 15.3. The fourth-order valence-corrected chi connectivity index (χ4v) is 4.08. The summed E-state index contributed by atoms with van der Waals surface area (Å²) >= 11 is 0. The van der Waals surface area contributed by atoms with Crippen LogP contribution in [-0.4, -0.2) is 4.89 Å². The third kappa shape index (κ3) is 2.55. The Labute approximate surface area is 119 Å². The third-order valence-electron chi connectivity index (χ3n) is 3.16.